The van der Waals surface area contributed by atoms with Crippen molar-refractivity contribution >= 4 is 22.8 Å². The normalized spacial score (nSPS) is 22.6. The molecule has 0 amide bonds. The molecule has 2 fully saturated rings. The minimum atomic E-state index is -0.215. The maximum absolute atomic E-state index is 9.94. The van der Waals surface area contributed by atoms with E-state index in [0.717, 1.165) is 74.5 Å². The van der Waals surface area contributed by atoms with E-state index >= 15 is 0 Å². The number of nitrogens with one attached hydrogen (secondary N) is 1. The highest BCUT2D eigenvalue weighted by molar-refractivity contribution is 5.80. The van der Waals surface area contributed by atoms with Gasteiger partial charge < -0.3 is 19.7 Å². The lowest BCUT2D eigenvalue weighted by Crippen LogP contribution is -2.35. The molecule has 0 radical (unpaired) electrons. The number of anilines is 2. The first-order valence-electron chi connectivity index (χ1n) is 10.7. The van der Waals surface area contributed by atoms with Crippen molar-refractivity contribution in [2.24, 2.45) is 0 Å². The third kappa shape index (κ3) is 4.03. The Bertz CT molecular complexity index is 1010. The SMILES string of the molecule is Cc1cn(C2CCC(O)C2)c2nc(Nc3ccc(CN4CCOCC4)cn3)ncc12. The summed E-state index contributed by atoms with van der Waals surface area (Å²) in [6.45, 7) is 6.49. The Kier molecular flexibility index (Phi) is 5.37. The van der Waals surface area contributed by atoms with Crippen LogP contribution in [0.25, 0.3) is 11.0 Å². The van der Waals surface area contributed by atoms with Crippen molar-refractivity contribution in [2.75, 3.05) is 31.6 Å². The Morgan fingerprint density at radius 3 is 2.77 bits per heavy atom. The monoisotopic (exact) mass is 408 g/mol. The average Bonchev–Trinajstić information content (AvgIpc) is 3.33. The fourth-order valence-electron chi connectivity index (χ4n) is 4.44. The van der Waals surface area contributed by atoms with Crippen LogP contribution < -0.4 is 5.32 Å². The number of ether oxygens (including phenoxy) is 1. The summed E-state index contributed by atoms with van der Waals surface area (Å²) in [7, 11) is 0. The first kappa shape index (κ1) is 19.4. The number of hydrogen-bond acceptors (Lipinski definition) is 7. The second-order valence-corrected chi connectivity index (χ2v) is 8.34. The largest absolute Gasteiger partial charge is 0.393 e. The van der Waals surface area contributed by atoms with Crippen molar-refractivity contribution in [3.05, 3.63) is 41.9 Å². The zero-order chi connectivity index (χ0) is 20.5. The summed E-state index contributed by atoms with van der Waals surface area (Å²) in [6, 6.07) is 4.35. The van der Waals surface area contributed by atoms with Gasteiger partial charge in [0.1, 0.15) is 11.5 Å². The first-order chi connectivity index (χ1) is 14.7. The van der Waals surface area contributed by atoms with Crippen LogP contribution in [-0.2, 0) is 11.3 Å². The average molecular weight is 409 g/mol. The van der Waals surface area contributed by atoms with Gasteiger partial charge in [-0.05, 0) is 43.4 Å². The summed E-state index contributed by atoms with van der Waals surface area (Å²) in [5.41, 5.74) is 3.25. The maximum atomic E-state index is 9.94. The number of aliphatic hydroxyl groups excluding tert-OH is 1. The number of fused-ring (bicyclic) bond motifs is 1. The molecule has 8 nitrogen and oxygen atoms in total. The summed E-state index contributed by atoms with van der Waals surface area (Å²) in [6.07, 6.45) is 8.29. The van der Waals surface area contributed by atoms with E-state index in [9.17, 15) is 5.11 Å². The predicted molar refractivity (Wildman–Crippen MR) is 115 cm³/mol. The van der Waals surface area contributed by atoms with Gasteiger partial charge in [-0.3, -0.25) is 4.90 Å². The summed E-state index contributed by atoms with van der Waals surface area (Å²) in [5.74, 6) is 1.26. The standard InChI is InChI=1S/C22H28N6O2/c1-15-13-28(17-3-4-18(29)10-17)21-19(15)12-24-22(26-21)25-20-5-2-16(11-23-20)14-27-6-8-30-9-7-27/h2,5,11-13,17-18,29H,3-4,6-10,14H2,1H3,(H,23,24,25,26). The Labute approximate surface area is 175 Å². The first-order valence-corrected chi connectivity index (χ1v) is 10.7. The van der Waals surface area contributed by atoms with E-state index in [-0.39, 0.29) is 12.1 Å². The van der Waals surface area contributed by atoms with Gasteiger partial charge in [0.05, 0.1) is 19.3 Å². The van der Waals surface area contributed by atoms with Gasteiger partial charge >= 0.3 is 0 Å². The second kappa shape index (κ2) is 8.29. The van der Waals surface area contributed by atoms with Crippen molar-refractivity contribution in [3.63, 3.8) is 0 Å². The summed E-state index contributed by atoms with van der Waals surface area (Å²) >= 11 is 0. The quantitative estimate of drug-likeness (QED) is 0.671. The third-order valence-corrected chi connectivity index (χ3v) is 6.12. The fourth-order valence-corrected chi connectivity index (χ4v) is 4.44. The van der Waals surface area contributed by atoms with Crippen LogP contribution in [0.2, 0.25) is 0 Å². The highest BCUT2D eigenvalue weighted by Gasteiger charge is 2.26. The topological polar surface area (TPSA) is 88.3 Å². The second-order valence-electron chi connectivity index (χ2n) is 8.34. The van der Waals surface area contributed by atoms with E-state index in [4.69, 9.17) is 9.72 Å². The maximum Gasteiger partial charge on any atom is 0.230 e. The third-order valence-electron chi connectivity index (χ3n) is 6.12. The van der Waals surface area contributed by atoms with E-state index in [1.807, 2.05) is 18.5 Å². The van der Waals surface area contributed by atoms with Gasteiger partial charge in [0.15, 0.2) is 0 Å². The fraction of sp³-hybridized carbons (Fsp3) is 0.500. The number of rotatable bonds is 5. The van der Waals surface area contributed by atoms with Crippen LogP contribution in [0.5, 0.6) is 0 Å². The van der Waals surface area contributed by atoms with Gasteiger partial charge in [0, 0.05) is 49.7 Å². The smallest absolute Gasteiger partial charge is 0.230 e. The molecule has 1 aliphatic carbocycles. The number of morpholine rings is 1. The molecule has 30 heavy (non-hydrogen) atoms. The summed E-state index contributed by atoms with van der Waals surface area (Å²) in [5, 5.41) is 14.2. The number of nitrogens with zero attached hydrogens (tertiary/aromatic N) is 5. The number of pyridine rings is 1. The molecule has 2 unspecified atom stereocenters. The van der Waals surface area contributed by atoms with Crippen LogP contribution in [0.3, 0.4) is 0 Å². The summed E-state index contributed by atoms with van der Waals surface area (Å²) < 4.78 is 7.61. The van der Waals surface area contributed by atoms with Crippen LogP contribution in [0.4, 0.5) is 11.8 Å². The van der Waals surface area contributed by atoms with Gasteiger partial charge in [0.25, 0.3) is 0 Å². The molecule has 1 saturated carbocycles. The van der Waals surface area contributed by atoms with Gasteiger partial charge in [-0.15, -0.1) is 0 Å². The van der Waals surface area contributed by atoms with Gasteiger partial charge in [-0.25, -0.2) is 9.97 Å². The van der Waals surface area contributed by atoms with Crippen molar-refractivity contribution < 1.29 is 9.84 Å². The highest BCUT2D eigenvalue weighted by Crippen LogP contribution is 2.34. The Balaban J connectivity index is 1.32. The minimum absolute atomic E-state index is 0.215. The van der Waals surface area contributed by atoms with E-state index in [1.165, 1.54) is 5.56 Å². The molecule has 1 aliphatic heterocycles. The van der Waals surface area contributed by atoms with Crippen LogP contribution >= 0.6 is 0 Å². The van der Waals surface area contributed by atoms with Crippen LogP contribution in [0, 0.1) is 6.92 Å². The molecule has 2 aliphatic rings. The lowest BCUT2D eigenvalue weighted by atomic mass is 10.2. The molecule has 2 N–H and O–H groups in total. The highest BCUT2D eigenvalue weighted by atomic mass is 16.5. The van der Waals surface area contributed by atoms with Gasteiger partial charge in [-0.2, -0.15) is 4.98 Å². The zero-order valence-electron chi connectivity index (χ0n) is 17.3. The van der Waals surface area contributed by atoms with Crippen molar-refractivity contribution in [2.45, 2.75) is 44.9 Å². The molecule has 8 heteroatoms. The molecule has 158 valence electrons. The van der Waals surface area contributed by atoms with E-state index in [0.29, 0.717) is 5.95 Å². The van der Waals surface area contributed by atoms with E-state index in [2.05, 4.69) is 43.9 Å². The van der Waals surface area contributed by atoms with Crippen molar-refractivity contribution in [1.82, 2.24) is 24.4 Å². The van der Waals surface area contributed by atoms with Crippen LogP contribution in [0.15, 0.2) is 30.7 Å². The lowest BCUT2D eigenvalue weighted by Gasteiger charge is -2.26. The molecule has 5 rings (SSSR count). The number of aliphatic hydroxyl groups is 1. The zero-order valence-corrected chi connectivity index (χ0v) is 17.3. The van der Waals surface area contributed by atoms with Gasteiger partial charge in [-0.1, -0.05) is 6.07 Å². The molecule has 1 saturated heterocycles. The lowest BCUT2D eigenvalue weighted by molar-refractivity contribution is 0.0341. The molecule has 0 aromatic carbocycles. The Morgan fingerprint density at radius 2 is 2.03 bits per heavy atom. The predicted octanol–water partition coefficient (Wildman–Crippen LogP) is 2.80. The molecule has 0 spiro atoms. The molecule has 3 aromatic rings. The Hall–Kier alpha value is -2.55. The molecular formula is C22H28N6O2. The molecule has 3 aromatic heterocycles. The van der Waals surface area contributed by atoms with E-state index < -0.39 is 0 Å². The molecule has 4 heterocycles. The number of aromatic nitrogens is 4. The Morgan fingerprint density at radius 1 is 1.17 bits per heavy atom. The molecule has 0 bridgehead atoms. The number of hydrogen-bond donors (Lipinski definition) is 2. The van der Waals surface area contributed by atoms with E-state index in [1.54, 1.807) is 0 Å². The van der Waals surface area contributed by atoms with Crippen molar-refractivity contribution in [3.8, 4) is 0 Å². The number of aryl methyl sites for hydroxylation is 1. The molecular weight excluding hydrogens is 380 g/mol. The van der Waals surface area contributed by atoms with Crippen LogP contribution in [-0.4, -0.2) is 61.9 Å². The van der Waals surface area contributed by atoms with Crippen molar-refractivity contribution in [1.29, 1.82) is 0 Å². The summed E-state index contributed by atoms with van der Waals surface area (Å²) in [4.78, 5) is 16.2. The molecule has 2 atom stereocenters. The van der Waals surface area contributed by atoms with Gasteiger partial charge in [0.2, 0.25) is 5.95 Å². The minimum Gasteiger partial charge on any atom is -0.393 e. The van der Waals surface area contributed by atoms with Crippen LogP contribution in [0.1, 0.15) is 36.4 Å².